The van der Waals surface area contributed by atoms with E-state index in [0.29, 0.717) is 12.1 Å². The van der Waals surface area contributed by atoms with Gasteiger partial charge in [0.25, 0.3) is 5.91 Å². The molecule has 0 spiro atoms. The zero-order chi connectivity index (χ0) is 23.0. The molecule has 4 rings (SSSR count). The molecule has 3 aromatic rings. The number of carbonyl (C=O) groups excluding carboxylic acids is 1. The van der Waals surface area contributed by atoms with Crippen LogP contribution in [-0.4, -0.2) is 35.7 Å². The van der Waals surface area contributed by atoms with E-state index in [0.717, 1.165) is 67.1 Å². The maximum absolute atomic E-state index is 13.2. The Morgan fingerprint density at radius 2 is 1.97 bits per heavy atom. The molecule has 2 heterocycles. The van der Waals surface area contributed by atoms with Gasteiger partial charge >= 0.3 is 0 Å². The number of nitrogens with zero attached hydrogens (tertiary/aromatic N) is 2. The molecular formula is C27H29FN4O. The zero-order valence-corrected chi connectivity index (χ0v) is 18.9. The van der Waals surface area contributed by atoms with Crippen molar-refractivity contribution >= 4 is 11.6 Å². The van der Waals surface area contributed by atoms with Gasteiger partial charge in [-0.05, 0) is 79.6 Å². The number of hydrogen-bond donors (Lipinski definition) is 2. The van der Waals surface area contributed by atoms with E-state index in [1.54, 1.807) is 18.3 Å². The number of aromatic nitrogens is 2. The van der Waals surface area contributed by atoms with Crippen molar-refractivity contribution in [2.75, 3.05) is 24.5 Å². The molecule has 0 saturated carbocycles. The highest BCUT2D eigenvalue weighted by Gasteiger charge is 2.19. The molecule has 1 fully saturated rings. The maximum Gasteiger partial charge on any atom is 0.251 e. The van der Waals surface area contributed by atoms with E-state index in [2.05, 4.69) is 39.2 Å². The summed E-state index contributed by atoms with van der Waals surface area (Å²) in [4.78, 5) is 15.1. The summed E-state index contributed by atoms with van der Waals surface area (Å²) in [6.07, 6.45) is 7.65. The lowest BCUT2D eigenvalue weighted by molar-refractivity contribution is 0.0953. The van der Waals surface area contributed by atoms with Crippen LogP contribution >= 0.6 is 0 Å². The van der Waals surface area contributed by atoms with Crippen molar-refractivity contribution in [2.45, 2.75) is 32.6 Å². The molecule has 0 atom stereocenters. The number of nitrogens with one attached hydrogen (secondary N) is 2. The number of aryl methyl sites for hydroxylation is 1. The molecule has 1 amide bonds. The predicted octanol–water partition coefficient (Wildman–Crippen LogP) is 4.55. The minimum atomic E-state index is -0.282. The van der Waals surface area contributed by atoms with Gasteiger partial charge in [-0.25, -0.2) is 4.39 Å². The van der Waals surface area contributed by atoms with Crippen molar-refractivity contribution < 1.29 is 9.18 Å². The second-order valence-corrected chi connectivity index (χ2v) is 8.62. The van der Waals surface area contributed by atoms with Gasteiger partial charge in [0.2, 0.25) is 0 Å². The summed E-state index contributed by atoms with van der Waals surface area (Å²) in [6, 6.07) is 11.9. The number of rotatable bonds is 6. The predicted molar refractivity (Wildman–Crippen MR) is 129 cm³/mol. The van der Waals surface area contributed by atoms with E-state index < -0.39 is 0 Å². The summed E-state index contributed by atoms with van der Waals surface area (Å²) in [6.45, 7) is 4.83. The van der Waals surface area contributed by atoms with Crippen molar-refractivity contribution in [3.8, 4) is 11.8 Å². The van der Waals surface area contributed by atoms with Crippen LogP contribution in [0.15, 0.2) is 54.9 Å². The molecule has 5 nitrogen and oxygen atoms in total. The third-order valence-electron chi connectivity index (χ3n) is 6.05. The van der Waals surface area contributed by atoms with Gasteiger partial charge in [-0.15, -0.1) is 0 Å². The lowest BCUT2D eigenvalue weighted by atomic mass is 9.97. The van der Waals surface area contributed by atoms with Crippen molar-refractivity contribution in [2.24, 2.45) is 5.92 Å². The molecule has 0 radical (unpaired) electrons. The summed E-state index contributed by atoms with van der Waals surface area (Å²) >= 11 is 0. The molecule has 2 aromatic carbocycles. The van der Waals surface area contributed by atoms with Crippen LogP contribution in [-0.2, 0) is 6.42 Å². The number of benzene rings is 2. The Bertz CT molecular complexity index is 1120. The third-order valence-corrected chi connectivity index (χ3v) is 6.05. The van der Waals surface area contributed by atoms with Crippen LogP contribution in [0.4, 0.5) is 10.1 Å². The van der Waals surface area contributed by atoms with Gasteiger partial charge in [0.15, 0.2) is 0 Å². The van der Waals surface area contributed by atoms with Crippen LogP contribution in [0.1, 0.15) is 53.2 Å². The van der Waals surface area contributed by atoms with Gasteiger partial charge in [-0.2, -0.15) is 5.10 Å². The summed E-state index contributed by atoms with van der Waals surface area (Å²) in [5.74, 6) is 6.70. The third kappa shape index (κ3) is 6.23. The van der Waals surface area contributed by atoms with Crippen LogP contribution in [0.25, 0.3) is 0 Å². The zero-order valence-electron chi connectivity index (χ0n) is 18.9. The van der Waals surface area contributed by atoms with E-state index in [4.69, 9.17) is 0 Å². The highest BCUT2D eigenvalue weighted by atomic mass is 19.1. The summed E-state index contributed by atoms with van der Waals surface area (Å²) < 4.78 is 13.2. The van der Waals surface area contributed by atoms with Crippen LogP contribution < -0.4 is 10.2 Å². The normalized spacial score (nSPS) is 13.9. The van der Waals surface area contributed by atoms with E-state index in [-0.39, 0.29) is 11.7 Å². The number of aromatic amines is 1. The first kappa shape index (κ1) is 22.6. The first-order valence-corrected chi connectivity index (χ1v) is 11.5. The fourth-order valence-electron chi connectivity index (χ4n) is 3.99. The lowest BCUT2D eigenvalue weighted by Gasteiger charge is -2.33. The Morgan fingerprint density at radius 3 is 2.70 bits per heavy atom. The standard InChI is InChI=1S/C27H29FN4O/c1-20-12-15-32(16-13-20)26-11-8-24(27(33)29-14-2-3-22-18-30-31-19-22)17-23(26)7-4-21-5-9-25(28)10-6-21/h5-6,8-11,17-20H,2-3,12-16H2,1H3,(H,29,33)(H,30,31). The Balaban J connectivity index is 1.50. The number of H-pyrrole nitrogens is 1. The summed E-state index contributed by atoms with van der Waals surface area (Å²) in [7, 11) is 0. The smallest absolute Gasteiger partial charge is 0.251 e. The van der Waals surface area contributed by atoms with E-state index in [1.807, 2.05) is 24.4 Å². The van der Waals surface area contributed by atoms with Gasteiger partial charge < -0.3 is 10.2 Å². The molecule has 2 N–H and O–H groups in total. The topological polar surface area (TPSA) is 61.0 Å². The lowest BCUT2D eigenvalue weighted by Crippen LogP contribution is -2.33. The van der Waals surface area contributed by atoms with E-state index in [9.17, 15) is 9.18 Å². The number of anilines is 1. The average molecular weight is 445 g/mol. The molecular weight excluding hydrogens is 415 g/mol. The molecule has 1 saturated heterocycles. The molecule has 1 aromatic heterocycles. The van der Waals surface area contributed by atoms with Crippen molar-refractivity contribution in [3.63, 3.8) is 0 Å². The van der Waals surface area contributed by atoms with Crippen molar-refractivity contribution in [1.82, 2.24) is 15.5 Å². The van der Waals surface area contributed by atoms with Gasteiger partial charge in [0.1, 0.15) is 5.82 Å². The Kier molecular flexibility index (Phi) is 7.41. The van der Waals surface area contributed by atoms with Gasteiger partial charge in [0.05, 0.1) is 11.9 Å². The van der Waals surface area contributed by atoms with Crippen LogP contribution in [0.3, 0.4) is 0 Å². The first-order valence-electron chi connectivity index (χ1n) is 11.5. The van der Waals surface area contributed by atoms with Gasteiger partial charge in [-0.3, -0.25) is 9.89 Å². The maximum atomic E-state index is 13.2. The Labute approximate surface area is 194 Å². The Morgan fingerprint density at radius 1 is 1.18 bits per heavy atom. The number of hydrogen-bond acceptors (Lipinski definition) is 3. The second kappa shape index (κ2) is 10.8. The minimum Gasteiger partial charge on any atom is -0.371 e. The van der Waals surface area contributed by atoms with E-state index in [1.165, 1.54) is 12.1 Å². The molecule has 1 aliphatic rings. The summed E-state index contributed by atoms with van der Waals surface area (Å²) in [5, 5.41) is 9.74. The van der Waals surface area contributed by atoms with Gasteiger partial charge in [-0.1, -0.05) is 18.8 Å². The van der Waals surface area contributed by atoms with E-state index >= 15 is 0 Å². The molecule has 33 heavy (non-hydrogen) atoms. The number of piperidine rings is 1. The van der Waals surface area contributed by atoms with Crippen LogP contribution in [0.5, 0.6) is 0 Å². The molecule has 0 aliphatic carbocycles. The largest absolute Gasteiger partial charge is 0.371 e. The fourth-order valence-corrected chi connectivity index (χ4v) is 3.99. The highest BCUT2D eigenvalue weighted by Crippen LogP contribution is 2.27. The van der Waals surface area contributed by atoms with Gasteiger partial charge in [0, 0.05) is 42.5 Å². The second-order valence-electron chi connectivity index (χ2n) is 8.62. The first-order chi connectivity index (χ1) is 16.1. The number of halogens is 1. The van der Waals surface area contributed by atoms with Crippen LogP contribution in [0, 0.1) is 23.6 Å². The number of carbonyl (C=O) groups is 1. The molecule has 0 unspecified atom stereocenters. The molecule has 1 aliphatic heterocycles. The molecule has 0 bridgehead atoms. The fraction of sp³-hybridized carbons (Fsp3) is 0.333. The molecule has 170 valence electrons. The highest BCUT2D eigenvalue weighted by molar-refractivity contribution is 5.95. The minimum absolute atomic E-state index is 0.106. The average Bonchev–Trinajstić information content (AvgIpc) is 3.35. The van der Waals surface area contributed by atoms with Crippen molar-refractivity contribution in [1.29, 1.82) is 0 Å². The van der Waals surface area contributed by atoms with Crippen LogP contribution in [0.2, 0.25) is 0 Å². The SMILES string of the molecule is CC1CCN(c2ccc(C(=O)NCCCc3cn[nH]c3)cc2C#Cc2ccc(F)cc2)CC1. The quantitative estimate of drug-likeness (QED) is 0.433. The van der Waals surface area contributed by atoms with Crippen molar-refractivity contribution in [3.05, 3.63) is 82.9 Å². The monoisotopic (exact) mass is 444 g/mol. The number of amides is 1. The Hall–Kier alpha value is -3.59. The molecule has 6 heteroatoms. The summed E-state index contributed by atoms with van der Waals surface area (Å²) in [5.41, 5.74) is 4.33.